The van der Waals surface area contributed by atoms with Crippen molar-refractivity contribution in [1.82, 2.24) is 13.7 Å². The van der Waals surface area contributed by atoms with E-state index >= 15 is 0 Å². The SMILES string of the molecule is COc1ccc2c(c1)c1c(c(=O)n(-c3cccc(C)c3)c(=O)n1CC(=O)Nc1c(C)cccc1C)n2C. The van der Waals surface area contributed by atoms with Gasteiger partial charge >= 0.3 is 5.69 Å². The van der Waals surface area contributed by atoms with E-state index in [0.717, 1.165) is 26.8 Å². The van der Waals surface area contributed by atoms with Gasteiger partial charge in [0.05, 0.1) is 23.8 Å². The first kappa shape index (κ1) is 24.1. The standard InChI is InChI=1S/C29H28N4O4/c1-17-8-6-11-20(14-17)33-28(35)27-26(22-15-21(37-5)12-13-23(22)31(27)4)32(29(33)36)16-24(34)30-25-18(2)9-7-10-19(25)3/h6-15H,16H2,1-5H3,(H,30,34). The maximum atomic E-state index is 14.0. The minimum Gasteiger partial charge on any atom is -0.497 e. The summed E-state index contributed by atoms with van der Waals surface area (Å²) in [5, 5.41) is 3.62. The molecule has 188 valence electrons. The van der Waals surface area contributed by atoms with Crippen LogP contribution in [-0.4, -0.2) is 26.7 Å². The van der Waals surface area contributed by atoms with Gasteiger partial charge in [0.2, 0.25) is 5.91 Å². The highest BCUT2D eigenvalue weighted by molar-refractivity contribution is 6.07. The summed E-state index contributed by atoms with van der Waals surface area (Å²) in [5.41, 5.74) is 4.34. The summed E-state index contributed by atoms with van der Waals surface area (Å²) < 4.78 is 9.69. The van der Waals surface area contributed by atoms with Gasteiger partial charge in [-0.3, -0.25) is 14.2 Å². The van der Waals surface area contributed by atoms with Gasteiger partial charge in [0.1, 0.15) is 17.8 Å². The van der Waals surface area contributed by atoms with Gasteiger partial charge in [-0.2, -0.15) is 0 Å². The molecule has 0 saturated heterocycles. The first-order chi connectivity index (χ1) is 17.7. The molecule has 0 bridgehead atoms. The average Bonchev–Trinajstić information content (AvgIpc) is 3.16. The van der Waals surface area contributed by atoms with Gasteiger partial charge < -0.3 is 14.6 Å². The second kappa shape index (κ2) is 9.13. The topological polar surface area (TPSA) is 87.3 Å². The maximum absolute atomic E-state index is 14.0. The number of hydrogen-bond donors (Lipinski definition) is 1. The average molecular weight is 497 g/mol. The van der Waals surface area contributed by atoms with Crippen LogP contribution >= 0.6 is 0 Å². The molecule has 5 aromatic rings. The Balaban J connectivity index is 1.80. The first-order valence-corrected chi connectivity index (χ1v) is 12.0. The number of anilines is 1. The van der Waals surface area contributed by atoms with E-state index < -0.39 is 11.2 Å². The van der Waals surface area contributed by atoms with Crippen LogP contribution in [0.5, 0.6) is 5.75 Å². The predicted octanol–water partition coefficient (Wildman–Crippen LogP) is 4.22. The van der Waals surface area contributed by atoms with Crippen molar-refractivity contribution in [3.63, 3.8) is 0 Å². The molecule has 8 heteroatoms. The van der Waals surface area contributed by atoms with E-state index in [1.165, 1.54) is 4.57 Å². The summed E-state index contributed by atoms with van der Waals surface area (Å²) in [6.45, 7) is 5.46. The number of nitrogens with one attached hydrogen (secondary N) is 1. The first-order valence-electron chi connectivity index (χ1n) is 12.0. The predicted molar refractivity (Wildman–Crippen MR) is 146 cm³/mol. The normalized spacial score (nSPS) is 11.3. The number of nitrogens with zero attached hydrogens (tertiary/aromatic N) is 3. The van der Waals surface area contributed by atoms with Gasteiger partial charge in [0.15, 0.2) is 0 Å². The second-order valence-electron chi connectivity index (χ2n) is 9.30. The van der Waals surface area contributed by atoms with Crippen molar-refractivity contribution in [3.05, 3.63) is 98.2 Å². The number of carbonyl (C=O) groups excluding carboxylic acids is 1. The van der Waals surface area contributed by atoms with Crippen molar-refractivity contribution in [1.29, 1.82) is 0 Å². The molecule has 2 aromatic heterocycles. The number of fused-ring (bicyclic) bond motifs is 3. The number of aromatic nitrogens is 3. The van der Waals surface area contributed by atoms with Gasteiger partial charge in [0, 0.05) is 18.1 Å². The van der Waals surface area contributed by atoms with Crippen LogP contribution in [-0.2, 0) is 18.4 Å². The van der Waals surface area contributed by atoms with Crippen LogP contribution in [0.15, 0.2) is 70.3 Å². The van der Waals surface area contributed by atoms with Crippen molar-refractivity contribution in [2.24, 2.45) is 7.05 Å². The minimum absolute atomic E-state index is 0.272. The fourth-order valence-electron chi connectivity index (χ4n) is 4.93. The zero-order chi connectivity index (χ0) is 26.4. The molecule has 3 aromatic carbocycles. The van der Waals surface area contributed by atoms with Gasteiger partial charge in [-0.25, -0.2) is 9.36 Å². The molecule has 1 N–H and O–H groups in total. The molecular formula is C29H28N4O4. The van der Waals surface area contributed by atoms with Crippen LogP contribution in [0.1, 0.15) is 16.7 Å². The zero-order valence-electron chi connectivity index (χ0n) is 21.5. The van der Waals surface area contributed by atoms with Crippen LogP contribution in [0.25, 0.3) is 27.6 Å². The molecule has 1 amide bonds. The number of benzene rings is 3. The van der Waals surface area contributed by atoms with Gasteiger partial charge in [-0.15, -0.1) is 0 Å². The third-order valence-corrected chi connectivity index (χ3v) is 6.78. The molecule has 0 aliphatic heterocycles. The Morgan fingerprint density at radius 1 is 0.919 bits per heavy atom. The maximum Gasteiger partial charge on any atom is 0.336 e. The van der Waals surface area contributed by atoms with Gasteiger partial charge in [-0.05, 0) is 67.8 Å². The summed E-state index contributed by atoms with van der Waals surface area (Å²) in [6, 6.07) is 18.4. The minimum atomic E-state index is -0.588. The van der Waals surface area contributed by atoms with Crippen molar-refractivity contribution >= 4 is 33.5 Å². The third-order valence-electron chi connectivity index (χ3n) is 6.78. The lowest BCUT2D eigenvalue weighted by Crippen LogP contribution is -2.41. The Morgan fingerprint density at radius 2 is 1.62 bits per heavy atom. The largest absolute Gasteiger partial charge is 0.497 e. The van der Waals surface area contributed by atoms with E-state index in [4.69, 9.17) is 4.74 Å². The molecule has 0 unspecified atom stereocenters. The second-order valence-corrected chi connectivity index (χ2v) is 9.30. The number of methoxy groups -OCH3 is 1. The van der Waals surface area contributed by atoms with E-state index in [0.29, 0.717) is 33.5 Å². The summed E-state index contributed by atoms with van der Waals surface area (Å²) in [7, 11) is 3.34. The van der Waals surface area contributed by atoms with Crippen molar-refractivity contribution < 1.29 is 9.53 Å². The number of rotatable bonds is 5. The molecule has 5 rings (SSSR count). The van der Waals surface area contributed by atoms with Crippen LogP contribution in [0, 0.1) is 20.8 Å². The Morgan fingerprint density at radius 3 is 2.30 bits per heavy atom. The molecule has 0 atom stereocenters. The molecule has 2 heterocycles. The van der Waals surface area contributed by atoms with Crippen LogP contribution in [0.2, 0.25) is 0 Å². The molecule has 8 nitrogen and oxygen atoms in total. The number of aryl methyl sites for hydroxylation is 4. The van der Waals surface area contributed by atoms with E-state index in [2.05, 4.69) is 5.32 Å². The van der Waals surface area contributed by atoms with Crippen molar-refractivity contribution in [2.75, 3.05) is 12.4 Å². The fourth-order valence-corrected chi connectivity index (χ4v) is 4.93. The number of carbonyl (C=O) groups is 1. The number of amides is 1. The Bertz CT molecular complexity index is 1800. The van der Waals surface area contributed by atoms with Crippen LogP contribution in [0.4, 0.5) is 5.69 Å². The molecule has 0 radical (unpaired) electrons. The zero-order valence-corrected chi connectivity index (χ0v) is 21.5. The quantitative estimate of drug-likeness (QED) is 0.395. The Hall–Kier alpha value is -4.59. The lowest BCUT2D eigenvalue weighted by Gasteiger charge is -2.15. The molecule has 0 aliphatic rings. The molecular weight excluding hydrogens is 468 g/mol. The summed E-state index contributed by atoms with van der Waals surface area (Å²) >= 11 is 0. The van der Waals surface area contributed by atoms with E-state index in [1.807, 2.05) is 51.1 Å². The van der Waals surface area contributed by atoms with E-state index in [1.54, 1.807) is 49.1 Å². The third kappa shape index (κ3) is 4.00. The lowest BCUT2D eigenvalue weighted by molar-refractivity contribution is -0.116. The molecule has 0 spiro atoms. The van der Waals surface area contributed by atoms with E-state index in [-0.39, 0.29) is 12.5 Å². The summed E-state index contributed by atoms with van der Waals surface area (Å²) in [4.78, 5) is 41.1. The number of ether oxygens (including phenoxy) is 1. The number of hydrogen-bond acceptors (Lipinski definition) is 4. The van der Waals surface area contributed by atoms with Gasteiger partial charge in [-0.1, -0.05) is 30.3 Å². The summed E-state index contributed by atoms with van der Waals surface area (Å²) in [6.07, 6.45) is 0. The fraction of sp³-hybridized carbons (Fsp3) is 0.207. The highest BCUT2D eigenvalue weighted by atomic mass is 16.5. The Labute approximate surface area is 213 Å². The van der Waals surface area contributed by atoms with Crippen molar-refractivity contribution in [3.8, 4) is 11.4 Å². The molecule has 37 heavy (non-hydrogen) atoms. The van der Waals surface area contributed by atoms with E-state index in [9.17, 15) is 14.4 Å². The molecule has 0 fully saturated rings. The van der Waals surface area contributed by atoms with Crippen molar-refractivity contribution in [2.45, 2.75) is 27.3 Å². The number of para-hydroxylation sites is 1. The van der Waals surface area contributed by atoms with Gasteiger partial charge in [0.25, 0.3) is 5.56 Å². The Kier molecular flexibility index (Phi) is 5.95. The van der Waals surface area contributed by atoms with Crippen LogP contribution in [0.3, 0.4) is 0 Å². The summed E-state index contributed by atoms with van der Waals surface area (Å²) in [5.74, 6) is 0.219. The molecule has 0 aliphatic carbocycles. The molecule has 0 saturated carbocycles. The lowest BCUT2D eigenvalue weighted by atomic mass is 10.1. The highest BCUT2D eigenvalue weighted by Gasteiger charge is 2.23. The van der Waals surface area contributed by atoms with Crippen LogP contribution < -0.4 is 21.3 Å². The highest BCUT2D eigenvalue weighted by Crippen LogP contribution is 2.29. The smallest absolute Gasteiger partial charge is 0.336 e. The monoisotopic (exact) mass is 496 g/mol.